The van der Waals surface area contributed by atoms with Crippen LogP contribution in [0.3, 0.4) is 0 Å². The lowest BCUT2D eigenvalue weighted by atomic mass is 10.0. The van der Waals surface area contributed by atoms with E-state index in [4.69, 9.17) is 0 Å². The summed E-state index contributed by atoms with van der Waals surface area (Å²) in [7, 11) is 0. The average molecular weight is 225 g/mol. The van der Waals surface area contributed by atoms with Crippen LogP contribution in [0.1, 0.15) is 43.3 Å². The predicted octanol–water partition coefficient (Wildman–Crippen LogP) is 3.30. The number of carbonyl (C=O) groups excluding carboxylic acids is 1. The molecule has 1 aromatic heterocycles. The molecule has 0 radical (unpaired) electrons. The Kier molecular flexibility index (Phi) is 4.82. The van der Waals surface area contributed by atoms with E-state index in [0.717, 1.165) is 17.7 Å². The maximum atomic E-state index is 11.7. The zero-order valence-corrected chi connectivity index (χ0v) is 10.4. The molecule has 2 nitrogen and oxygen atoms in total. The lowest BCUT2D eigenvalue weighted by molar-refractivity contribution is 0.0941. The molecule has 0 aliphatic carbocycles. The maximum absolute atomic E-state index is 11.7. The van der Waals surface area contributed by atoms with Crippen molar-refractivity contribution in [2.45, 2.75) is 39.7 Å². The van der Waals surface area contributed by atoms with Gasteiger partial charge in [0.15, 0.2) is 0 Å². The highest BCUT2D eigenvalue weighted by atomic mass is 32.1. The van der Waals surface area contributed by atoms with Gasteiger partial charge in [-0.1, -0.05) is 19.9 Å². The quantitative estimate of drug-likeness (QED) is 0.818. The molecule has 0 aromatic carbocycles. The van der Waals surface area contributed by atoms with Gasteiger partial charge in [-0.05, 0) is 37.1 Å². The summed E-state index contributed by atoms with van der Waals surface area (Å²) >= 11 is 1.49. The van der Waals surface area contributed by atoms with E-state index < -0.39 is 0 Å². The van der Waals surface area contributed by atoms with E-state index in [2.05, 4.69) is 26.1 Å². The minimum atomic E-state index is 0.0567. The van der Waals surface area contributed by atoms with E-state index in [-0.39, 0.29) is 11.9 Å². The van der Waals surface area contributed by atoms with E-state index in [0.29, 0.717) is 5.92 Å². The second kappa shape index (κ2) is 5.91. The minimum absolute atomic E-state index is 0.0567. The van der Waals surface area contributed by atoms with Crippen LogP contribution < -0.4 is 5.32 Å². The molecule has 0 bridgehead atoms. The zero-order chi connectivity index (χ0) is 11.3. The third kappa shape index (κ3) is 4.47. The Hall–Kier alpha value is -0.830. The van der Waals surface area contributed by atoms with Crippen LogP contribution in [0.25, 0.3) is 0 Å². The highest BCUT2D eigenvalue weighted by Gasteiger charge is 2.10. The van der Waals surface area contributed by atoms with Gasteiger partial charge in [-0.3, -0.25) is 4.79 Å². The molecule has 1 N–H and O–H groups in total. The first kappa shape index (κ1) is 12.2. The second-order valence-electron chi connectivity index (χ2n) is 4.32. The first-order valence-electron chi connectivity index (χ1n) is 5.44. The molecule has 84 valence electrons. The molecule has 3 heteroatoms. The van der Waals surface area contributed by atoms with Crippen LogP contribution in [0, 0.1) is 5.92 Å². The Morgan fingerprint density at radius 3 is 2.67 bits per heavy atom. The smallest absolute Gasteiger partial charge is 0.261 e. The van der Waals surface area contributed by atoms with Gasteiger partial charge in [-0.15, -0.1) is 11.3 Å². The molecular formula is C12H19NOS. The molecule has 1 heterocycles. The van der Waals surface area contributed by atoms with Crippen molar-refractivity contribution < 1.29 is 4.79 Å². The summed E-state index contributed by atoms with van der Waals surface area (Å²) in [5.41, 5.74) is 0. The van der Waals surface area contributed by atoms with Crippen molar-refractivity contribution in [3.8, 4) is 0 Å². The molecule has 0 spiro atoms. The number of hydrogen-bond acceptors (Lipinski definition) is 2. The molecular weight excluding hydrogens is 206 g/mol. The number of nitrogens with one attached hydrogen (secondary N) is 1. The molecule has 0 aliphatic rings. The van der Waals surface area contributed by atoms with Crippen molar-refractivity contribution in [2.75, 3.05) is 0 Å². The van der Waals surface area contributed by atoms with Gasteiger partial charge in [-0.2, -0.15) is 0 Å². The third-order valence-electron chi connectivity index (χ3n) is 2.30. The Morgan fingerprint density at radius 2 is 2.13 bits per heavy atom. The van der Waals surface area contributed by atoms with Gasteiger partial charge in [-0.25, -0.2) is 0 Å². The number of thiophene rings is 1. The largest absolute Gasteiger partial charge is 0.349 e. The van der Waals surface area contributed by atoms with E-state index in [1.165, 1.54) is 11.3 Å². The number of rotatable bonds is 5. The summed E-state index contributed by atoms with van der Waals surface area (Å²) in [6.07, 6.45) is 2.21. The lowest BCUT2D eigenvalue weighted by Gasteiger charge is -2.14. The van der Waals surface area contributed by atoms with Crippen molar-refractivity contribution in [3.63, 3.8) is 0 Å². The Labute approximate surface area is 95.7 Å². The summed E-state index contributed by atoms with van der Waals surface area (Å²) in [4.78, 5) is 12.5. The van der Waals surface area contributed by atoms with Gasteiger partial charge >= 0.3 is 0 Å². The Balaban J connectivity index is 2.32. The summed E-state index contributed by atoms with van der Waals surface area (Å²) < 4.78 is 0. The molecule has 1 rings (SSSR count). The van der Waals surface area contributed by atoms with Crippen molar-refractivity contribution in [2.24, 2.45) is 5.92 Å². The van der Waals surface area contributed by atoms with E-state index in [1.807, 2.05) is 17.5 Å². The monoisotopic (exact) mass is 225 g/mol. The van der Waals surface area contributed by atoms with Crippen molar-refractivity contribution in [1.82, 2.24) is 5.32 Å². The van der Waals surface area contributed by atoms with Crippen LogP contribution >= 0.6 is 11.3 Å². The summed E-state index contributed by atoms with van der Waals surface area (Å²) in [5.74, 6) is 0.757. The SMILES string of the molecule is CC(C)CC[C@@H](C)NC(=O)c1cccs1. The van der Waals surface area contributed by atoms with Gasteiger partial charge in [0.2, 0.25) is 0 Å². The fourth-order valence-electron chi connectivity index (χ4n) is 1.36. The lowest BCUT2D eigenvalue weighted by Crippen LogP contribution is -2.32. The van der Waals surface area contributed by atoms with Gasteiger partial charge in [0.05, 0.1) is 4.88 Å². The van der Waals surface area contributed by atoms with Crippen molar-refractivity contribution >= 4 is 17.2 Å². The van der Waals surface area contributed by atoms with E-state index >= 15 is 0 Å². The molecule has 1 atom stereocenters. The number of amides is 1. The van der Waals surface area contributed by atoms with Crippen LogP contribution in [-0.2, 0) is 0 Å². The van der Waals surface area contributed by atoms with E-state index in [1.54, 1.807) is 0 Å². The van der Waals surface area contributed by atoms with Gasteiger partial charge in [0.1, 0.15) is 0 Å². The number of hydrogen-bond donors (Lipinski definition) is 1. The van der Waals surface area contributed by atoms with Gasteiger partial charge in [0.25, 0.3) is 5.91 Å². The third-order valence-corrected chi connectivity index (χ3v) is 3.17. The molecule has 0 saturated carbocycles. The maximum Gasteiger partial charge on any atom is 0.261 e. The first-order valence-corrected chi connectivity index (χ1v) is 6.32. The summed E-state index contributed by atoms with van der Waals surface area (Å²) in [6, 6.07) is 4.02. The fraction of sp³-hybridized carbons (Fsp3) is 0.583. The molecule has 0 fully saturated rings. The van der Waals surface area contributed by atoms with Crippen LogP contribution in [-0.4, -0.2) is 11.9 Å². The topological polar surface area (TPSA) is 29.1 Å². The van der Waals surface area contributed by atoms with Gasteiger partial charge < -0.3 is 5.32 Å². The molecule has 1 amide bonds. The Morgan fingerprint density at radius 1 is 1.40 bits per heavy atom. The molecule has 0 aliphatic heterocycles. The van der Waals surface area contributed by atoms with Crippen molar-refractivity contribution in [1.29, 1.82) is 0 Å². The fourth-order valence-corrected chi connectivity index (χ4v) is 1.99. The van der Waals surface area contributed by atoms with Crippen LogP contribution in [0.2, 0.25) is 0 Å². The van der Waals surface area contributed by atoms with Crippen LogP contribution in [0.4, 0.5) is 0 Å². The predicted molar refractivity (Wildman–Crippen MR) is 65.3 cm³/mol. The second-order valence-corrected chi connectivity index (χ2v) is 5.27. The minimum Gasteiger partial charge on any atom is -0.349 e. The Bertz CT molecular complexity index is 293. The van der Waals surface area contributed by atoms with Crippen molar-refractivity contribution in [3.05, 3.63) is 22.4 Å². The van der Waals surface area contributed by atoms with Crippen LogP contribution in [0.15, 0.2) is 17.5 Å². The molecule has 0 unspecified atom stereocenters. The molecule has 15 heavy (non-hydrogen) atoms. The summed E-state index contributed by atoms with van der Waals surface area (Å²) in [5, 5.41) is 4.93. The average Bonchev–Trinajstić information content (AvgIpc) is 2.67. The van der Waals surface area contributed by atoms with E-state index in [9.17, 15) is 4.79 Å². The zero-order valence-electron chi connectivity index (χ0n) is 9.62. The number of carbonyl (C=O) groups is 1. The molecule has 1 aromatic rings. The highest BCUT2D eigenvalue weighted by Crippen LogP contribution is 2.10. The molecule has 0 saturated heterocycles. The first-order chi connectivity index (χ1) is 7.09. The normalized spacial score (nSPS) is 12.8. The summed E-state index contributed by atoms with van der Waals surface area (Å²) in [6.45, 7) is 6.47. The standard InChI is InChI=1S/C12H19NOS/c1-9(2)6-7-10(3)13-12(14)11-5-4-8-15-11/h4-5,8-10H,6-7H2,1-3H3,(H,13,14)/t10-/m1/s1. The van der Waals surface area contributed by atoms with Crippen LogP contribution in [0.5, 0.6) is 0 Å². The highest BCUT2D eigenvalue weighted by molar-refractivity contribution is 7.12. The van der Waals surface area contributed by atoms with Gasteiger partial charge in [0, 0.05) is 6.04 Å².